The van der Waals surface area contributed by atoms with E-state index >= 15 is 0 Å². The zero-order valence-electron chi connectivity index (χ0n) is 16.9. The van der Waals surface area contributed by atoms with Gasteiger partial charge < -0.3 is 15.0 Å². The van der Waals surface area contributed by atoms with Crippen molar-refractivity contribution in [3.8, 4) is 5.75 Å². The standard InChI is InChI=1S/C21H32N4O2/c1-5-24(6-2)14-7-13-22-21(26)20-12-15-25(23-20)16-27-19-10-8-18(9-11-19)17(3)4/h8-12,15,17H,5-7,13-14,16H2,1-4H3,(H,22,26). The van der Waals surface area contributed by atoms with Crippen LogP contribution in [0.15, 0.2) is 36.5 Å². The van der Waals surface area contributed by atoms with E-state index in [2.05, 4.69) is 55.1 Å². The average molecular weight is 373 g/mol. The number of carbonyl (C=O) groups is 1. The van der Waals surface area contributed by atoms with Crippen LogP contribution >= 0.6 is 0 Å². The summed E-state index contributed by atoms with van der Waals surface area (Å²) in [6.45, 7) is 12.6. The summed E-state index contributed by atoms with van der Waals surface area (Å²) in [6.07, 6.45) is 2.69. The third kappa shape index (κ3) is 6.71. The molecule has 1 N–H and O–H groups in total. The Morgan fingerprint density at radius 3 is 2.52 bits per heavy atom. The van der Waals surface area contributed by atoms with Crippen molar-refractivity contribution in [2.24, 2.45) is 0 Å². The van der Waals surface area contributed by atoms with Crippen molar-refractivity contribution in [1.29, 1.82) is 0 Å². The molecular formula is C21H32N4O2. The van der Waals surface area contributed by atoms with Gasteiger partial charge in [0.2, 0.25) is 0 Å². The highest BCUT2D eigenvalue weighted by Gasteiger charge is 2.09. The van der Waals surface area contributed by atoms with Crippen LogP contribution in [-0.4, -0.2) is 46.8 Å². The van der Waals surface area contributed by atoms with E-state index in [-0.39, 0.29) is 12.6 Å². The van der Waals surface area contributed by atoms with E-state index < -0.39 is 0 Å². The summed E-state index contributed by atoms with van der Waals surface area (Å²) in [5, 5.41) is 7.21. The smallest absolute Gasteiger partial charge is 0.271 e. The average Bonchev–Trinajstić information content (AvgIpc) is 3.16. The van der Waals surface area contributed by atoms with Gasteiger partial charge in [-0.25, -0.2) is 4.68 Å². The third-order valence-corrected chi connectivity index (χ3v) is 4.61. The number of nitrogens with zero attached hydrogens (tertiary/aromatic N) is 3. The van der Waals surface area contributed by atoms with Crippen molar-refractivity contribution in [2.75, 3.05) is 26.2 Å². The zero-order chi connectivity index (χ0) is 19.6. The van der Waals surface area contributed by atoms with Crippen LogP contribution < -0.4 is 10.1 Å². The van der Waals surface area contributed by atoms with Crippen molar-refractivity contribution >= 4 is 5.91 Å². The second-order valence-electron chi connectivity index (χ2n) is 6.87. The van der Waals surface area contributed by atoms with Crippen LogP contribution in [0.3, 0.4) is 0 Å². The molecule has 0 fully saturated rings. The lowest BCUT2D eigenvalue weighted by Crippen LogP contribution is -2.30. The normalized spacial score (nSPS) is 11.2. The van der Waals surface area contributed by atoms with Crippen molar-refractivity contribution in [2.45, 2.75) is 46.8 Å². The van der Waals surface area contributed by atoms with Crippen LogP contribution in [0.2, 0.25) is 0 Å². The number of hydrogen-bond acceptors (Lipinski definition) is 4. The van der Waals surface area contributed by atoms with E-state index in [0.717, 1.165) is 31.8 Å². The summed E-state index contributed by atoms with van der Waals surface area (Å²) in [7, 11) is 0. The van der Waals surface area contributed by atoms with Crippen LogP contribution in [-0.2, 0) is 6.73 Å². The molecule has 2 aromatic rings. The SMILES string of the molecule is CCN(CC)CCCNC(=O)c1ccn(COc2ccc(C(C)C)cc2)n1. The fourth-order valence-electron chi connectivity index (χ4n) is 2.78. The largest absolute Gasteiger partial charge is 0.471 e. The van der Waals surface area contributed by atoms with Gasteiger partial charge in [-0.1, -0.05) is 39.8 Å². The van der Waals surface area contributed by atoms with Crippen LogP contribution in [0.4, 0.5) is 0 Å². The lowest BCUT2D eigenvalue weighted by Gasteiger charge is -2.17. The molecule has 6 nitrogen and oxygen atoms in total. The molecule has 0 radical (unpaired) electrons. The molecule has 148 valence electrons. The fourth-order valence-corrected chi connectivity index (χ4v) is 2.78. The molecule has 6 heteroatoms. The Kier molecular flexibility index (Phi) is 8.33. The molecule has 0 aliphatic rings. The van der Waals surface area contributed by atoms with Crippen molar-refractivity contribution in [1.82, 2.24) is 20.0 Å². The molecule has 1 aromatic carbocycles. The molecular weight excluding hydrogens is 340 g/mol. The van der Waals surface area contributed by atoms with Crippen LogP contribution in [0, 0.1) is 0 Å². The summed E-state index contributed by atoms with van der Waals surface area (Å²) in [5.74, 6) is 1.14. The highest BCUT2D eigenvalue weighted by atomic mass is 16.5. The van der Waals surface area contributed by atoms with Crippen molar-refractivity contribution in [3.05, 3.63) is 47.8 Å². The lowest BCUT2D eigenvalue weighted by molar-refractivity contribution is 0.0945. The molecule has 2 rings (SSSR count). The van der Waals surface area contributed by atoms with E-state index in [4.69, 9.17) is 4.74 Å². The quantitative estimate of drug-likeness (QED) is 0.613. The first-order valence-electron chi connectivity index (χ1n) is 9.80. The van der Waals surface area contributed by atoms with Crippen LogP contribution in [0.1, 0.15) is 56.1 Å². The maximum absolute atomic E-state index is 12.2. The molecule has 0 saturated heterocycles. The highest BCUT2D eigenvalue weighted by Crippen LogP contribution is 2.18. The van der Waals surface area contributed by atoms with E-state index in [1.165, 1.54) is 5.56 Å². The molecule has 0 saturated carbocycles. The Labute approximate surface area is 162 Å². The minimum absolute atomic E-state index is 0.144. The highest BCUT2D eigenvalue weighted by molar-refractivity contribution is 5.92. The summed E-state index contributed by atoms with van der Waals surface area (Å²) < 4.78 is 7.36. The Hall–Kier alpha value is -2.34. The van der Waals surface area contributed by atoms with Gasteiger partial charge in [0.05, 0.1) is 0 Å². The Balaban J connectivity index is 1.75. The lowest BCUT2D eigenvalue weighted by atomic mass is 10.0. The van der Waals surface area contributed by atoms with E-state index in [0.29, 0.717) is 18.2 Å². The molecule has 0 unspecified atom stereocenters. The molecule has 0 spiro atoms. The number of carbonyl (C=O) groups excluding carboxylic acids is 1. The number of aromatic nitrogens is 2. The maximum Gasteiger partial charge on any atom is 0.271 e. The molecule has 0 aliphatic heterocycles. The minimum atomic E-state index is -0.144. The number of ether oxygens (including phenoxy) is 1. The second-order valence-corrected chi connectivity index (χ2v) is 6.87. The second kappa shape index (κ2) is 10.7. The molecule has 0 bridgehead atoms. The number of nitrogens with one attached hydrogen (secondary N) is 1. The van der Waals surface area contributed by atoms with Gasteiger partial charge in [0.1, 0.15) is 11.4 Å². The van der Waals surface area contributed by atoms with Gasteiger partial charge >= 0.3 is 0 Å². The minimum Gasteiger partial charge on any atom is -0.471 e. The Bertz CT molecular complexity index is 690. The van der Waals surface area contributed by atoms with Gasteiger partial charge in [-0.05, 0) is 55.7 Å². The number of hydrogen-bond donors (Lipinski definition) is 1. The van der Waals surface area contributed by atoms with Gasteiger partial charge in [-0.15, -0.1) is 0 Å². The molecule has 1 heterocycles. The Morgan fingerprint density at radius 2 is 1.89 bits per heavy atom. The fraction of sp³-hybridized carbons (Fsp3) is 0.524. The van der Waals surface area contributed by atoms with Gasteiger partial charge in [0.25, 0.3) is 5.91 Å². The first kappa shape index (κ1) is 21.0. The van der Waals surface area contributed by atoms with E-state index in [9.17, 15) is 4.79 Å². The van der Waals surface area contributed by atoms with E-state index in [1.807, 2.05) is 12.1 Å². The van der Waals surface area contributed by atoms with Gasteiger partial charge in [0, 0.05) is 12.7 Å². The molecule has 27 heavy (non-hydrogen) atoms. The first-order valence-corrected chi connectivity index (χ1v) is 9.80. The number of benzene rings is 1. The summed E-state index contributed by atoms with van der Waals surface area (Å²) >= 11 is 0. The van der Waals surface area contributed by atoms with Gasteiger partial charge in [-0.2, -0.15) is 5.10 Å². The molecule has 1 amide bonds. The summed E-state index contributed by atoms with van der Waals surface area (Å²) in [4.78, 5) is 14.5. The van der Waals surface area contributed by atoms with Gasteiger partial charge in [-0.3, -0.25) is 4.79 Å². The van der Waals surface area contributed by atoms with Crippen molar-refractivity contribution < 1.29 is 9.53 Å². The Morgan fingerprint density at radius 1 is 1.19 bits per heavy atom. The summed E-state index contributed by atoms with van der Waals surface area (Å²) in [6, 6.07) is 9.77. The first-order chi connectivity index (χ1) is 13.0. The van der Waals surface area contributed by atoms with Crippen molar-refractivity contribution in [3.63, 3.8) is 0 Å². The zero-order valence-corrected chi connectivity index (χ0v) is 16.9. The summed E-state index contributed by atoms with van der Waals surface area (Å²) in [5.41, 5.74) is 1.69. The number of rotatable bonds is 11. The van der Waals surface area contributed by atoms with Gasteiger partial charge in [0.15, 0.2) is 6.73 Å². The predicted octanol–water partition coefficient (Wildman–Crippen LogP) is 3.50. The van der Waals surface area contributed by atoms with Crippen LogP contribution in [0.5, 0.6) is 5.75 Å². The maximum atomic E-state index is 12.2. The van der Waals surface area contributed by atoms with Crippen LogP contribution in [0.25, 0.3) is 0 Å². The molecule has 0 aliphatic carbocycles. The molecule has 0 atom stereocenters. The third-order valence-electron chi connectivity index (χ3n) is 4.61. The van der Waals surface area contributed by atoms with E-state index in [1.54, 1.807) is 16.9 Å². The monoisotopic (exact) mass is 372 g/mol. The topological polar surface area (TPSA) is 59.4 Å². The predicted molar refractivity (Wildman–Crippen MR) is 108 cm³/mol. The number of amides is 1. The molecule has 1 aromatic heterocycles.